The number of hydrogen-bond donors (Lipinski definition) is 1. The van der Waals surface area contributed by atoms with Crippen LogP contribution in [0.2, 0.25) is 0 Å². The molecule has 1 N–H and O–H groups in total. The SMILES string of the molecule is CCOc1ccccc1NC1=C(c2cccs2)C(=O)N(c2ccccc2)C1=O. The summed E-state index contributed by atoms with van der Waals surface area (Å²) in [5.74, 6) is -0.0950. The Morgan fingerprint density at radius 3 is 2.39 bits per heavy atom. The number of amides is 2. The maximum absolute atomic E-state index is 13.2. The fourth-order valence-electron chi connectivity index (χ4n) is 3.09. The zero-order valence-electron chi connectivity index (χ0n) is 15.2. The lowest BCUT2D eigenvalue weighted by Crippen LogP contribution is -2.32. The number of hydrogen-bond acceptors (Lipinski definition) is 5. The Labute approximate surface area is 166 Å². The molecule has 1 aliphatic rings. The van der Waals surface area contributed by atoms with E-state index < -0.39 is 0 Å². The van der Waals surface area contributed by atoms with Gasteiger partial charge in [0.15, 0.2) is 0 Å². The van der Waals surface area contributed by atoms with Crippen LogP contribution in [-0.4, -0.2) is 18.4 Å². The molecule has 5 nitrogen and oxygen atoms in total. The number of benzene rings is 2. The number of carbonyl (C=O) groups excluding carboxylic acids is 2. The van der Waals surface area contributed by atoms with Crippen LogP contribution in [0.5, 0.6) is 5.75 Å². The van der Waals surface area contributed by atoms with Crippen LogP contribution >= 0.6 is 11.3 Å². The maximum atomic E-state index is 13.2. The van der Waals surface area contributed by atoms with Crippen molar-refractivity contribution in [3.63, 3.8) is 0 Å². The summed E-state index contributed by atoms with van der Waals surface area (Å²) in [6, 6.07) is 20.0. The molecule has 3 aromatic rings. The molecule has 0 radical (unpaired) electrons. The molecule has 0 aliphatic carbocycles. The van der Waals surface area contributed by atoms with Gasteiger partial charge in [-0.15, -0.1) is 11.3 Å². The van der Waals surface area contributed by atoms with Gasteiger partial charge in [-0.1, -0.05) is 36.4 Å². The van der Waals surface area contributed by atoms with Crippen molar-refractivity contribution in [1.82, 2.24) is 0 Å². The summed E-state index contributed by atoms with van der Waals surface area (Å²) < 4.78 is 5.65. The normalized spacial score (nSPS) is 14.0. The molecule has 1 aliphatic heterocycles. The largest absolute Gasteiger partial charge is 0.492 e. The Bertz CT molecular complexity index is 1040. The lowest BCUT2D eigenvalue weighted by atomic mass is 10.1. The predicted molar refractivity (Wildman–Crippen MR) is 111 cm³/mol. The summed E-state index contributed by atoms with van der Waals surface area (Å²) >= 11 is 1.42. The average Bonchev–Trinajstić information content (AvgIpc) is 3.31. The first-order valence-electron chi connectivity index (χ1n) is 8.91. The Balaban J connectivity index is 1.80. The van der Waals surface area contributed by atoms with Crippen molar-refractivity contribution in [3.8, 4) is 5.75 Å². The number of rotatable bonds is 6. The van der Waals surface area contributed by atoms with Gasteiger partial charge in [-0.25, -0.2) is 4.90 Å². The van der Waals surface area contributed by atoms with E-state index in [2.05, 4.69) is 5.32 Å². The summed E-state index contributed by atoms with van der Waals surface area (Å²) in [6.45, 7) is 2.40. The van der Waals surface area contributed by atoms with Crippen molar-refractivity contribution < 1.29 is 14.3 Å². The van der Waals surface area contributed by atoms with E-state index in [1.54, 1.807) is 24.3 Å². The van der Waals surface area contributed by atoms with E-state index in [9.17, 15) is 9.59 Å². The van der Waals surface area contributed by atoms with Gasteiger partial charge in [0.25, 0.3) is 11.8 Å². The van der Waals surface area contributed by atoms with Crippen molar-refractivity contribution in [3.05, 3.63) is 82.7 Å². The molecule has 140 valence electrons. The van der Waals surface area contributed by atoms with E-state index in [1.807, 2.05) is 54.8 Å². The number of nitrogens with zero attached hydrogens (tertiary/aromatic N) is 1. The number of ether oxygens (including phenoxy) is 1. The van der Waals surface area contributed by atoms with Gasteiger partial charge in [-0.3, -0.25) is 9.59 Å². The molecule has 6 heteroatoms. The van der Waals surface area contributed by atoms with Gasteiger partial charge in [0.1, 0.15) is 11.4 Å². The van der Waals surface area contributed by atoms with E-state index >= 15 is 0 Å². The van der Waals surface area contributed by atoms with Crippen molar-refractivity contribution in [2.24, 2.45) is 0 Å². The average molecular weight is 390 g/mol. The first-order chi connectivity index (χ1) is 13.7. The van der Waals surface area contributed by atoms with Crippen LogP contribution < -0.4 is 15.0 Å². The molecule has 1 aromatic heterocycles. The molecule has 0 spiro atoms. The number of imide groups is 1. The topological polar surface area (TPSA) is 58.6 Å². The van der Waals surface area contributed by atoms with Gasteiger partial charge in [0.2, 0.25) is 0 Å². The quantitative estimate of drug-likeness (QED) is 0.628. The predicted octanol–water partition coefficient (Wildman–Crippen LogP) is 4.54. The second-order valence-corrected chi connectivity index (χ2v) is 7.01. The minimum atomic E-state index is -0.383. The molecule has 0 atom stereocenters. The number of nitrogens with one attached hydrogen (secondary N) is 1. The summed E-state index contributed by atoms with van der Waals surface area (Å²) in [7, 11) is 0. The maximum Gasteiger partial charge on any atom is 0.282 e. The van der Waals surface area contributed by atoms with Crippen LogP contribution in [0, 0.1) is 0 Å². The molecular weight excluding hydrogens is 372 g/mol. The van der Waals surface area contributed by atoms with Gasteiger partial charge < -0.3 is 10.1 Å². The number of carbonyl (C=O) groups is 2. The molecular formula is C22H18N2O3S. The Kier molecular flexibility index (Phi) is 4.95. The molecule has 0 bridgehead atoms. The molecule has 2 amide bonds. The second-order valence-electron chi connectivity index (χ2n) is 6.06. The Hall–Kier alpha value is -3.38. The highest BCUT2D eigenvalue weighted by Crippen LogP contribution is 2.36. The standard InChI is InChI=1S/C22H18N2O3S/c1-2-27-17-12-7-6-11-16(17)23-20-19(18-13-8-14-28-18)21(25)24(22(20)26)15-9-4-3-5-10-15/h3-14,23H,2H2,1H3. The molecule has 0 fully saturated rings. The molecule has 2 heterocycles. The van der Waals surface area contributed by atoms with Gasteiger partial charge in [-0.2, -0.15) is 0 Å². The third-order valence-electron chi connectivity index (χ3n) is 4.31. The van der Waals surface area contributed by atoms with E-state index in [0.29, 0.717) is 29.3 Å². The zero-order chi connectivity index (χ0) is 19.5. The van der Waals surface area contributed by atoms with Gasteiger partial charge in [0, 0.05) is 4.88 Å². The molecule has 28 heavy (non-hydrogen) atoms. The first kappa shape index (κ1) is 18.0. The van der Waals surface area contributed by atoms with Crippen LogP contribution in [0.15, 0.2) is 77.8 Å². The zero-order valence-corrected chi connectivity index (χ0v) is 16.0. The monoisotopic (exact) mass is 390 g/mol. The summed E-state index contributed by atoms with van der Waals surface area (Å²) in [4.78, 5) is 28.4. The highest BCUT2D eigenvalue weighted by molar-refractivity contribution is 7.11. The van der Waals surface area contributed by atoms with Gasteiger partial charge in [0.05, 0.1) is 23.6 Å². The second kappa shape index (κ2) is 7.70. The fourth-order valence-corrected chi connectivity index (χ4v) is 3.86. The minimum Gasteiger partial charge on any atom is -0.492 e. The van der Waals surface area contributed by atoms with Gasteiger partial charge >= 0.3 is 0 Å². The molecule has 2 aromatic carbocycles. The lowest BCUT2D eigenvalue weighted by molar-refractivity contribution is -0.120. The van der Waals surface area contributed by atoms with Gasteiger partial charge in [-0.05, 0) is 42.6 Å². The van der Waals surface area contributed by atoms with Crippen LogP contribution in [0.4, 0.5) is 11.4 Å². The highest BCUT2D eigenvalue weighted by atomic mass is 32.1. The minimum absolute atomic E-state index is 0.253. The molecule has 4 rings (SSSR count). The first-order valence-corrected chi connectivity index (χ1v) is 9.79. The van der Waals surface area contributed by atoms with Crippen molar-refractivity contribution in [1.29, 1.82) is 0 Å². The molecule has 0 saturated carbocycles. The number of thiophene rings is 1. The lowest BCUT2D eigenvalue weighted by Gasteiger charge is -2.16. The highest BCUT2D eigenvalue weighted by Gasteiger charge is 2.40. The third kappa shape index (κ3) is 3.18. The van der Waals surface area contributed by atoms with Crippen LogP contribution in [-0.2, 0) is 9.59 Å². The van der Waals surface area contributed by atoms with Crippen molar-refractivity contribution >= 4 is 40.1 Å². The Morgan fingerprint density at radius 1 is 0.929 bits per heavy atom. The Morgan fingerprint density at radius 2 is 1.68 bits per heavy atom. The van der Waals surface area contributed by atoms with E-state index in [-0.39, 0.29) is 17.5 Å². The molecule has 0 unspecified atom stereocenters. The van der Waals surface area contributed by atoms with E-state index in [0.717, 1.165) is 4.88 Å². The fraction of sp³-hybridized carbons (Fsp3) is 0.0909. The number of para-hydroxylation sites is 3. The summed E-state index contributed by atoms with van der Waals surface area (Å²) in [5, 5.41) is 5.05. The van der Waals surface area contributed by atoms with Crippen LogP contribution in [0.3, 0.4) is 0 Å². The molecule has 0 saturated heterocycles. The van der Waals surface area contributed by atoms with Crippen molar-refractivity contribution in [2.45, 2.75) is 6.92 Å². The van der Waals surface area contributed by atoms with Crippen LogP contribution in [0.1, 0.15) is 11.8 Å². The smallest absolute Gasteiger partial charge is 0.282 e. The van der Waals surface area contributed by atoms with E-state index in [4.69, 9.17) is 4.74 Å². The summed E-state index contributed by atoms with van der Waals surface area (Å²) in [5.41, 5.74) is 1.81. The third-order valence-corrected chi connectivity index (χ3v) is 5.20. The van der Waals surface area contributed by atoms with Crippen molar-refractivity contribution in [2.75, 3.05) is 16.8 Å². The van der Waals surface area contributed by atoms with E-state index in [1.165, 1.54) is 16.2 Å². The van der Waals surface area contributed by atoms with Crippen LogP contribution in [0.25, 0.3) is 5.57 Å². The summed E-state index contributed by atoms with van der Waals surface area (Å²) in [6.07, 6.45) is 0. The number of anilines is 2.